The van der Waals surface area contributed by atoms with Crippen molar-refractivity contribution >= 4 is 11.8 Å². The molecule has 0 aromatic carbocycles. The van der Waals surface area contributed by atoms with Gasteiger partial charge in [0.25, 0.3) is 0 Å². The van der Waals surface area contributed by atoms with Crippen LogP contribution in [0.15, 0.2) is 12.7 Å². The lowest BCUT2D eigenvalue weighted by atomic mass is 10.0. The van der Waals surface area contributed by atoms with Crippen molar-refractivity contribution < 1.29 is 0 Å². The van der Waals surface area contributed by atoms with Gasteiger partial charge in [0.05, 0.1) is 0 Å². The first-order valence-corrected chi connectivity index (χ1v) is 7.55. The number of nitrogens with zero attached hydrogens (tertiary/aromatic N) is 1. The van der Waals surface area contributed by atoms with Gasteiger partial charge < -0.3 is 10.6 Å². The quantitative estimate of drug-likeness (QED) is 0.549. The molecule has 0 radical (unpaired) electrons. The number of unbranched alkanes of at least 4 members (excludes halogenated alkanes) is 3. The van der Waals surface area contributed by atoms with Crippen molar-refractivity contribution in [3.63, 3.8) is 0 Å². The summed E-state index contributed by atoms with van der Waals surface area (Å²) in [7, 11) is 2.21. The van der Waals surface area contributed by atoms with E-state index < -0.39 is 0 Å². The third-order valence-corrected chi connectivity index (χ3v) is 4.43. The summed E-state index contributed by atoms with van der Waals surface area (Å²) >= 11 is 2.05. The molecule has 1 heterocycles. The molecule has 94 valence electrons. The van der Waals surface area contributed by atoms with Crippen molar-refractivity contribution in [2.45, 2.75) is 44.2 Å². The van der Waals surface area contributed by atoms with E-state index in [1.54, 1.807) is 0 Å². The zero-order valence-corrected chi connectivity index (χ0v) is 11.3. The molecule has 0 saturated carbocycles. The van der Waals surface area contributed by atoms with Crippen LogP contribution in [0.1, 0.15) is 32.1 Å². The Labute approximate surface area is 105 Å². The van der Waals surface area contributed by atoms with E-state index in [1.807, 2.05) is 17.8 Å². The van der Waals surface area contributed by atoms with Gasteiger partial charge in [-0.05, 0) is 26.3 Å². The van der Waals surface area contributed by atoms with Crippen molar-refractivity contribution in [1.82, 2.24) is 4.90 Å². The predicted molar refractivity (Wildman–Crippen MR) is 75.0 cm³/mol. The molecule has 1 rings (SSSR count). The summed E-state index contributed by atoms with van der Waals surface area (Å²) in [6.07, 6.45) is 8.16. The van der Waals surface area contributed by atoms with Gasteiger partial charge in [-0.2, -0.15) is 11.8 Å². The molecule has 16 heavy (non-hydrogen) atoms. The van der Waals surface area contributed by atoms with Gasteiger partial charge in [-0.15, -0.1) is 6.58 Å². The van der Waals surface area contributed by atoms with E-state index in [0.29, 0.717) is 12.1 Å². The summed E-state index contributed by atoms with van der Waals surface area (Å²) in [5, 5.41) is 0. The molecule has 0 aromatic rings. The van der Waals surface area contributed by atoms with Gasteiger partial charge in [0.2, 0.25) is 0 Å². The highest BCUT2D eigenvalue weighted by Crippen LogP contribution is 2.19. The van der Waals surface area contributed by atoms with Gasteiger partial charge in [-0.1, -0.05) is 18.9 Å². The van der Waals surface area contributed by atoms with Crippen LogP contribution in [0.5, 0.6) is 0 Å². The smallest absolute Gasteiger partial charge is 0.0335 e. The number of hydrogen-bond donors (Lipinski definition) is 1. The summed E-state index contributed by atoms with van der Waals surface area (Å²) in [6.45, 7) is 4.94. The first kappa shape index (κ1) is 14.1. The largest absolute Gasteiger partial charge is 0.326 e. The second-order valence-corrected chi connectivity index (χ2v) is 5.86. The molecule has 2 atom stereocenters. The highest BCUT2D eigenvalue weighted by atomic mass is 32.2. The van der Waals surface area contributed by atoms with E-state index in [0.717, 1.165) is 6.42 Å². The lowest BCUT2D eigenvalue weighted by Gasteiger charge is -2.36. The second-order valence-electron chi connectivity index (χ2n) is 4.71. The average Bonchev–Trinajstić information content (AvgIpc) is 2.29. The van der Waals surface area contributed by atoms with Crippen LogP contribution in [0.25, 0.3) is 0 Å². The van der Waals surface area contributed by atoms with Gasteiger partial charge in [0.1, 0.15) is 0 Å². The molecule has 1 aliphatic rings. The fraction of sp³-hybridized carbons (Fsp3) is 0.846. The van der Waals surface area contributed by atoms with Crippen LogP contribution < -0.4 is 5.73 Å². The average molecular weight is 242 g/mol. The van der Waals surface area contributed by atoms with E-state index in [9.17, 15) is 0 Å². The fourth-order valence-electron chi connectivity index (χ4n) is 2.19. The standard InChI is InChI=1S/C13H26N2S/c1-3-4-5-6-7-8-12(14)13-11-16-10-9-15(13)2/h3,12-13H,1,4-11,14H2,2H3. The molecule has 1 fully saturated rings. The zero-order valence-electron chi connectivity index (χ0n) is 10.5. The normalized spacial score (nSPS) is 24.2. The van der Waals surface area contributed by atoms with Gasteiger partial charge >= 0.3 is 0 Å². The molecule has 2 N–H and O–H groups in total. The Kier molecular flexibility index (Phi) is 7.17. The molecule has 0 bridgehead atoms. The van der Waals surface area contributed by atoms with Crippen LogP contribution in [0.3, 0.4) is 0 Å². The molecule has 1 aliphatic heterocycles. The lowest BCUT2D eigenvalue weighted by Crippen LogP contribution is -2.50. The maximum absolute atomic E-state index is 6.28. The third kappa shape index (κ3) is 4.89. The van der Waals surface area contributed by atoms with Crippen LogP contribution in [-0.2, 0) is 0 Å². The number of hydrogen-bond acceptors (Lipinski definition) is 3. The van der Waals surface area contributed by atoms with Crippen LogP contribution in [0.2, 0.25) is 0 Å². The van der Waals surface area contributed by atoms with Crippen LogP contribution in [0, 0.1) is 0 Å². The monoisotopic (exact) mass is 242 g/mol. The zero-order chi connectivity index (χ0) is 11.8. The van der Waals surface area contributed by atoms with E-state index in [-0.39, 0.29) is 0 Å². The maximum atomic E-state index is 6.28. The first-order chi connectivity index (χ1) is 7.75. The van der Waals surface area contributed by atoms with E-state index in [4.69, 9.17) is 5.73 Å². The highest BCUT2D eigenvalue weighted by molar-refractivity contribution is 7.99. The molecule has 2 unspecified atom stereocenters. The van der Waals surface area contributed by atoms with Crippen molar-refractivity contribution in [1.29, 1.82) is 0 Å². The summed E-state index contributed by atoms with van der Waals surface area (Å²) in [5.41, 5.74) is 6.28. The van der Waals surface area contributed by atoms with Crippen molar-refractivity contribution in [3.05, 3.63) is 12.7 Å². The molecule has 2 nitrogen and oxygen atoms in total. The molecule has 0 amide bonds. The van der Waals surface area contributed by atoms with Crippen molar-refractivity contribution in [2.75, 3.05) is 25.1 Å². The molecule has 0 aromatic heterocycles. The molecule has 1 saturated heterocycles. The topological polar surface area (TPSA) is 29.3 Å². The number of allylic oxidation sites excluding steroid dienone is 1. The molecule has 3 heteroatoms. The Hall–Kier alpha value is 0.01000. The predicted octanol–water partition coefficient (Wildman–Crippen LogP) is 2.50. The second kappa shape index (κ2) is 8.15. The number of nitrogens with two attached hydrogens (primary N) is 1. The first-order valence-electron chi connectivity index (χ1n) is 6.40. The number of likely N-dealkylation sites (N-methyl/N-ethyl adjacent to an activating group) is 1. The summed E-state index contributed by atoms with van der Waals surface area (Å²) in [4.78, 5) is 2.44. The molecular formula is C13H26N2S. The lowest BCUT2D eigenvalue weighted by molar-refractivity contribution is 0.228. The number of thioether (sulfide) groups is 1. The summed E-state index contributed by atoms with van der Waals surface area (Å²) in [6, 6.07) is 0.958. The van der Waals surface area contributed by atoms with Crippen molar-refractivity contribution in [3.8, 4) is 0 Å². The van der Waals surface area contributed by atoms with E-state index in [2.05, 4.69) is 18.5 Å². The Balaban J connectivity index is 2.12. The maximum Gasteiger partial charge on any atom is 0.0335 e. The minimum atomic E-state index is 0.363. The molecular weight excluding hydrogens is 216 g/mol. The minimum Gasteiger partial charge on any atom is -0.326 e. The Morgan fingerprint density at radius 1 is 1.50 bits per heavy atom. The van der Waals surface area contributed by atoms with Gasteiger partial charge in [0.15, 0.2) is 0 Å². The van der Waals surface area contributed by atoms with Gasteiger partial charge in [0, 0.05) is 30.1 Å². The Morgan fingerprint density at radius 2 is 2.31 bits per heavy atom. The molecule has 0 aliphatic carbocycles. The Bertz CT molecular complexity index is 196. The van der Waals surface area contributed by atoms with E-state index >= 15 is 0 Å². The summed E-state index contributed by atoms with van der Waals surface area (Å²) in [5.74, 6) is 2.48. The highest BCUT2D eigenvalue weighted by Gasteiger charge is 2.24. The van der Waals surface area contributed by atoms with Crippen LogP contribution in [0.4, 0.5) is 0 Å². The fourth-order valence-corrected chi connectivity index (χ4v) is 3.52. The van der Waals surface area contributed by atoms with E-state index in [1.165, 1.54) is 43.7 Å². The van der Waals surface area contributed by atoms with Crippen LogP contribution in [-0.4, -0.2) is 42.1 Å². The van der Waals surface area contributed by atoms with Crippen LogP contribution >= 0.6 is 11.8 Å². The summed E-state index contributed by atoms with van der Waals surface area (Å²) < 4.78 is 0. The van der Waals surface area contributed by atoms with Crippen molar-refractivity contribution in [2.24, 2.45) is 5.73 Å². The number of rotatable bonds is 7. The Morgan fingerprint density at radius 3 is 3.00 bits per heavy atom. The van der Waals surface area contributed by atoms with Gasteiger partial charge in [-0.3, -0.25) is 0 Å². The van der Waals surface area contributed by atoms with Gasteiger partial charge in [-0.25, -0.2) is 0 Å². The SMILES string of the molecule is C=CCCCCCC(N)C1CSCCN1C. The molecule has 0 spiro atoms. The minimum absolute atomic E-state index is 0.363. The third-order valence-electron chi connectivity index (χ3n) is 3.38.